The summed E-state index contributed by atoms with van der Waals surface area (Å²) in [6, 6.07) is 19.9. The van der Waals surface area contributed by atoms with Crippen molar-refractivity contribution in [3.05, 3.63) is 60.2 Å². The molecule has 3 heteroatoms. The highest BCUT2D eigenvalue weighted by Gasteiger charge is 2.25. The van der Waals surface area contributed by atoms with Crippen molar-refractivity contribution < 1.29 is 9.53 Å². The molecule has 0 unspecified atom stereocenters. The van der Waals surface area contributed by atoms with Gasteiger partial charge in [0.15, 0.2) is 0 Å². The highest BCUT2D eigenvalue weighted by Crippen LogP contribution is 2.36. The van der Waals surface area contributed by atoms with Crippen molar-refractivity contribution >= 4 is 54.2 Å². The van der Waals surface area contributed by atoms with E-state index in [1.54, 1.807) is 13.8 Å². The molecule has 0 fully saturated rings. The van der Waals surface area contributed by atoms with E-state index in [-0.39, 0.29) is 5.97 Å². The lowest BCUT2D eigenvalue weighted by atomic mass is 9.91. The molecule has 0 heterocycles. The molecule has 138 valence electrons. The van der Waals surface area contributed by atoms with Gasteiger partial charge in [-0.3, -0.25) is 4.79 Å². The van der Waals surface area contributed by atoms with Crippen LogP contribution in [0.1, 0.15) is 32.3 Å². The zero-order valence-electron chi connectivity index (χ0n) is 15.7. The Hall–Kier alpha value is -2.13. The average molecular weight is 423 g/mol. The Kier molecular flexibility index (Phi) is 4.81. The average Bonchev–Trinajstić information content (AvgIpc) is 2.65. The molecule has 0 aliphatic carbocycles. The van der Waals surface area contributed by atoms with E-state index in [0.717, 1.165) is 19.3 Å². The van der Waals surface area contributed by atoms with Crippen molar-refractivity contribution in [2.24, 2.45) is 0 Å². The maximum absolute atomic E-state index is 11.8. The SMILES string of the molecule is CC(C)(Br)C(=O)OCCCCc1ccc2ccc3cccc4ccc1c2c34. The lowest BCUT2D eigenvalue weighted by molar-refractivity contribution is -0.145. The van der Waals surface area contributed by atoms with Crippen LogP contribution in [0.3, 0.4) is 0 Å². The van der Waals surface area contributed by atoms with Gasteiger partial charge < -0.3 is 4.74 Å². The third-order valence-electron chi connectivity index (χ3n) is 5.18. The third-order valence-corrected chi connectivity index (χ3v) is 5.50. The number of carbonyl (C=O) groups is 1. The second kappa shape index (κ2) is 7.12. The fourth-order valence-electron chi connectivity index (χ4n) is 3.77. The molecule has 4 aromatic carbocycles. The maximum atomic E-state index is 11.8. The molecule has 0 spiro atoms. The molecule has 4 aromatic rings. The summed E-state index contributed by atoms with van der Waals surface area (Å²) in [6.45, 7) is 4.08. The monoisotopic (exact) mass is 422 g/mol. The number of rotatable bonds is 6. The highest BCUT2D eigenvalue weighted by molar-refractivity contribution is 9.10. The summed E-state index contributed by atoms with van der Waals surface area (Å²) in [4.78, 5) is 11.8. The standard InChI is InChI=1S/C24H23BrO2/c1-24(2,25)23(26)27-15-4-3-6-16-9-10-19-12-11-17-7-5-8-18-13-14-20(16)22(19)21(17)18/h5,7-14H,3-4,6,15H2,1-2H3. The van der Waals surface area contributed by atoms with Crippen molar-refractivity contribution in [3.8, 4) is 0 Å². The first-order chi connectivity index (χ1) is 12.9. The number of hydrogen-bond acceptors (Lipinski definition) is 2. The molecule has 27 heavy (non-hydrogen) atoms. The zero-order chi connectivity index (χ0) is 19.0. The molecule has 4 rings (SSSR count). The summed E-state index contributed by atoms with van der Waals surface area (Å²) in [6.07, 6.45) is 2.86. The predicted molar refractivity (Wildman–Crippen MR) is 117 cm³/mol. The van der Waals surface area contributed by atoms with Gasteiger partial charge >= 0.3 is 5.97 Å². The molecule has 0 aliphatic rings. The molecule has 0 aliphatic heterocycles. The zero-order valence-corrected chi connectivity index (χ0v) is 17.3. The molecular formula is C24H23BrO2. The molecule has 0 saturated carbocycles. The number of carbonyl (C=O) groups excluding carboxylic acids is 1. The van der Waals surface area contributed by atoms with Gasteiger partial charge in [-0.1, -0.05) is 70.5 Å². The van der Waals surface area contributed by atoms with Crippen LogP contribution in [0.25, 0.3) is 32.3 Å². The molecule has 0 amide bonds. The Morgan fingerprint density at radius 3 is 2.22 bits per heavy atom. The molecule has 0 N–H and O–H groups in total. The summed E-state index contributed by atoms with van der Waals surface area (Å²) in [7, 11) is 0. The number of halogens is 1. The molecule has 2 nitrogen and oxygen atoms in total. The minimum atomic E-state index is -0.612. The Labute approximate surface area is 168 Å². The van der Waals surface area contributed by atoms with Crippen molar-refractivity contribution in [1.82, 2.24) is 0 Å². The molecule has 0 radical (unpaired) electrons. The first kappa shape index (κ1) is 18.2. The molecular weight excluding hydrogens is 400 g/mol. The minimum Gasteiger partial charge on any atom is -0.465 e. The van der Waals surface area contributed by atoms with Crippen LogP contribution >= 0.6 is 15.9 Å². The van der Waals surface area contributed by atoms with Gasteiger partial charge in [-0.15, -0.1) is 0 Å². The Bertz CT molecular complexity index is 1090. The van der Waals surface area contributed by atoms with E-state index in [2.05, 4.69) is 70.5 Å². The van der Waals surface area contributed by atoms with Crippen LogP contribution in [0.4, 0.5) is 0 Å². The Morgan fingerprint density at radius 1 is 0.889 bits per heavy atom. The van der Waals surface area contributed by atoms with Crippen LogP contribution in [-0.4, -0.2) is 16.9 Å². The summed E-state index contributed by atoms with van der Waals surface area (Å²) in [5.41, 5.74) is 1.37. The number of hydrogen-bond donors (Lipinski definition) is 0. The van der Waals surface area contributed by atoms with Gasteiger partial charge in [0.25, 0.3) is 0 Å². The quantitative estimate of drug-likeness (QED) is 0.151. The molecule has 0 saturated heterocycles. The number of unbranched alkanes of at least 4 members (excludes halogenated alkanes) is 1. The van der Waals surface area contributed by atoms with E-state index >= 15 is 0 Å². The van der Waals surface area contributed by atoms with E-state index in [9.17, 15) is 4.79 Å². The third kappa shape index (κ3) is 3.53. The Balaban J connectivity index is 1.54. The molecule has 0 aromatic heterocycles. The van der Waals surface area contributed by atoms with Gasteiger partial charge in [-0.25, -0.2) is 0 Å². The van der Waals surface area contributed by atoms with Crippen molar-refractivity contribution in [1.29, 1.82) is 0 Å². The van der Waals surface area contributed by atoms with E-state index in [0.29, 0.717) is 6.61 Å². The van der Waals surface area contributed by atoms with Crippen LogP contribution in [0, 0.1) is 0 Å². The lowest BCUT2D eigenvalue weighted by Crippen LogP contribution is -2.26. The van der Waals surface area contributed by atoms with E-state index in [1.807, 2.05) is 0 Å². The van der Waals surface area contributed by atoms with Crippen LogP contribution < -0.4 is 0 Å². The fraction of sp³-hybridized carbons (Fsp3) is 0.292. The normalized spacial score (nSPS) is 12.3. The van der Waals surface area contributed by atoms with Gasteiger partial charge in [-0.05, 0) is 71.0 Å². The minimum absolute atomic E-state index is 0.203. The summed E-state index contributed by atoms with van der Waals surface area (Å²) >= 11 is 3.33. The van der Waals surface area contributed by atoms with Gasteiger partial charge in [0.1, 0.15) is 4.32 Å². The summed E-state index contributed by atoms with van der Waals surface area (Å²) < 4.78 is 4.73. The Morgan fingerprint density at radius 2 is 1.52 bits per heavy atom. The molecule has 0 bridgehead atoms. The second-order valence-electron chi connectivity index (χ2n) is 7.65. The fourth-order valence-corrected chi connectivity index (χ4v) is 3.88. The van der Waals surface area contributed by atoms with E-state index in [4.69, 9.17) is 4.74 Å². The van der Waals surface area contributed by atoms with E-state index < -0.39 is 4.32 Å². The summed E-state index contributed by atoms with van der Waals surface area (Å²) in [5, 5.41) is 7.97. The van der Waals surface area contributed by atoms with Crippen molar-refractivity contribution in [2.75, 3.05) is 6.61 Å². The van der Waals surface area contributed by atoms with Gasteiger partial charge in [0.05, 0.1) is 6.61 Å². The number of benzene rings is 4. The smallest absolute Gasteiger partial charge is 0.322 e. The predicted octanol–water partition coefficient (Wildman–Crippen LogP) is 6.62. The van der Waals surface area contributed by atoms with Crippen LogP contribution in [-0.2, 0) is 16.0 Å². The highest BCUT2D eigenvalue weighted by atomic mass is 79.9. The number of esters is 1. The van der Waals surface area contributed by atoms with Gasteiger partial charge in [0, 0.05) is 0 Å². The largest absolute Gasteiger partial charge is 0.465 e. The topological polar surface area (TPSA) is 26.3 Å². The van der Waals surface area contributed by atoms with E-state index in [1.165, 1.54) is 37.9 Å². The number of aryl methyl sites for hydroxylation is 1. The maximum Gasteiger partial charge on any atom is 0.322 e. The van der Waals surface area contributed by atoms with Crippen molar-refractivity contribution in [2.45, 2.75) is 37.4 Å². The van der Waals surface area contributed by atoms with Gasteiger partial charge in [-0.2, -0.15) is 0 Å². The van der Waals surface area contributed by atoms with Crippen molar-refractivity contribution in [3.63, 3.8) is 0 Å². The van der Waals surface area contributed by atoms with Gasteiger partial charge in [0.2, 0.25) is 0 Å². The number of alkyl halides is 1. The molecule has 0 atom stereocenters. The number of ether oxygens (including phenoxy) is 1. The van der Waals surface area contributed by atoms with Crippen LogP contribution in [0.2, 0.25) is 0 Å². The first-order valence-electron chi connectivity index (χ1n) is 9.47. The first-order valence-corrected chi connectivity index (χ1v) is 10.3. The second-order valence-corrected chi connectivity index (χ2v) is 9.63. The van der Waals surface area contributed by atoms with Crippen LogP contribution in [0.15, 0.2) is 54.6 Å². The van der Waals surface area contributed by atoms with Crippen LogP contribution in [0.5, 0.6) is 0 Å². The lowest BCUT2D eigenvalue weighted by Gasteiger charge is -2.15. The summed E-state index contributed by atoms with van der Waals surface area (Å²) in [5.74, 6) is -0.203.